The van der Waals surface area contributed by atoms with Crippen molar-refractivity contribution in [3.05, 3.63) is 0 Å². The van der Waals surface area contributed by atoms with Gasteiger partial charge in [-0.05, 0) is 0 Å². The molecule has 1 heterocycles. The van der Waals surface area contributed by atoms with E-state index in [4.69, 9.17) is 15.9 Å². The number of carbonyl (C=O) groups excluding carboxylic acids is 1. The number of carbonyl (C=O) groups is 3. The van der Waals surface area contributed by atoms with E-state index in [0.29, 0.717) is 0 Å². The number of hydrogen-bond donors (Lipinski definition) is 3. The lowest BCUT2D eigenvalue weighted by atomic mass is 10.2. The van der Waals surface area contributed by atoms with E-state index >= 15 is 0 Å². The van der Waals surface area contributed by atoms with Crippen LogP contribution in [0, 0.1) is 0 Å². The first kappa shape index (κ1) is 11.4. The molecule has 0 aromatic heterocycles. The summed E-state index contributed by atoms with van der Waals surface area (Å²) in [6.45, 7) is 0.100. The fourth-order valence-corrected chi connectivity index (χ4v) is 1.56. The monoisotopic (exact) mass is 216 g/mol. The van der Waals surface area contributed by atoms with E-state index in [0.717, 1.165) is 4.90 Å². The number of carboxylic acids is 2. The molecule has 1 fully saturated rings. The van der Waals surface area contributed by atoms with E-state index in [9.17, 15) is 14.4 Å². The number of amides is 1. The first-order valence-corrected chi connectivity index (χ1v) is 4.41. The Bertz CT molecular complexity index is 303. The van der Waals surface area contributed by atoms with Crippen molar-refractivity contribution in [3.63, 3.8) is 0 Å². The van der Waals surface area contributed by atoms with Gasteiger partial charge in [0.05, 0.1) is 6.42 Å². The number of hydrogen-bond acceptors (Lipinski definition) is 4. The Morgan fingerprint density at radius 2 is 2.13 bits per heavy atom. The topological polar surface area (TPSA) is 121 Å². The summed E-state index contributed by atoms with van der Waals surface area (Å²) in [5, 5.41) is 17.3. The lowest BCUT2D eigenvalue weighted by Crippen LogP contribution is -2.44. The van der Waals surface area contributed by atoms with Crippen LogP contribution in [0.3, 0.4) is 0 Å². The predicted molar refractivity (Wildman–Crippen MR) is 48.0 cm³/mol. The molecule has 0 saturated carbocycles. The van der Waals surface area contributed by atoms with Crippen LogP contribution in [0.5, 0.6) is 0 Å². The van der Waals surface area contributed by atoms with Gasteiger partial charge in [0, 0.05) is 19.0 Å². The van der Waals surface area contributed by atoms with Crippen LogP contribution in [0.1, 0.15) is 12.8 Å². The predicted octanol–water partition coefficient (Wildman–Crippen LogP) is -1.53. The maximum Gasteiger partial charge on any atom is 0.327 e. The normalized spacial score (nSPS) is 22.9. The van der Waals surface area contributed by atoms with Crippen molar-refractivity contribution >= 4 is 17.8 Å². The summed E-state index contributed by atoms with van der Waals surface area (Å²) in [7, 11) is 0. The van der Waals surface area contributed by atoms with Gasteiger partial charge in [0.1, 0.15) is 6.04 Å². The summed E-state index contributed by atoms with van der Waals surface area (Å²) >= 11 is 0. The van der Waals surface area contributed by atoms with Crippen LogP contribution in [-0.2, 0) is 14.4 Å². The molecule has 0 aliphatic carbocycles. The van der Waals surface area contributed by atoms with Gasteiger partial charge >= 0.3 is 11.9 Å². The molecule has 1 rings (SSSR count). The zero-order chi connectivity index (χ0) is 11.6. The van der Waals surface area contributed by atoms with Gasteiger partial charge in [-0.3, -0.25) is 9.59 Å². The van der Waals surface area contributed by atoms with Crippen molar-refractivity contribution in [2.45, 2.75) is 24.9 Å². The molecular formula is C8H12N2O5. The molecule has 0 radical (unpaired) electrons. The Hall–Kier alpha value is -1.63. The molecule has 7 heteroatoms. The third-order valence-electron chi connectivity index (χ3n) is 2.22. The zero-order valence-electron chi connectivity index (χ0n) is 7.92. The molecule has 0 bridgehead atoms. The molecule has 0 aromatic rings. The average Bonchev–Trinajstić information content (AvgIpc) is 2.40. The van der Waals surface area contributed by atoms with Crippen molar-refractivity contribution in [2.75, 3.05) is 6.54 Å². The third-order valence-corrected chi connectivity index (χ3v) is 2.22. The maximum absolute atomic E-state index is 11.3. The number of rotatable bonds is 4. The number of aliphatic carboxylic acids is 2. The van der Waals surface area contributed by atoms with Gasteiger partial charge in [-0.25, -0.2) is 4.79 Å². The molecule has 15 heavy (non-hydrogen) atoms. The van der Waals surface area contributed by atoms with Crippen LogP contribution in [0.25, 0.3) is 0 Å². The quantitative estimate of drug-likeness (QED) is 0.524. The molecule has 4 N–H and O–H groups in total. The highest BCUT2D eigenvalue weighted by atomic mass is 16.4. The van der Waals surface area contributed by atoms with Crippen molar-refractivity contribution < 1.29 is 24.6 Å². The first-order valence-electron chi connectivity index (χ1n) is 4.41. The second-order valence-electron chi connectivity index (χ2n) is 3.46. The minimum absolute atomic E-state index is 0.0728. The van der Waals surface area contributed by atoms with Crippen molar-refractivity contribution in [1.82, 2.24) is 4.90 Å². The number of nitrogens with zero attached hydrogens (tertiary/aromatic N) is 1. The molecule has 2 unspecified atom stereocenters. The van der Waals surface area contributed by atoms with Crippen LogP contribution in [0.4, 0.5) is 0 Å². The smallest absolute Gasteiger partial charge is 0.327 e. The Morgan fingerprint density at radius 1 is 1.53 bits per heavy atom. The molecule has 0 spiro atoms. The minimum atomic E-state index is -1.32. The van der Waals surface area contributed by atoms with Crippen LogP contribution >= 0.6 is 0 Å². The van der Waals surface area contributed by atoms with Gasteiger partial charge in [-0.15, -0.1) is 0 Å². The molecule has 1 saturated heterocycles. The van der Waals surface area contributed by atoms with Gasteiger partial charge in [0.25, 0.3) is 0 Å². The van der Waals surface area contributed by atoms with E-state index < -0.39 is 36.4 Å². The number of likely N-dealkylation sites (tertiary alicyclic amines) is 1. The lowest BCUT2D eigenvalue weighted by Gasteiger charge is -2.22. The largest absolute Gasteiger partial charge is 0.481 e. The molecule has 7 nitrogen and oxygen atoms in total. The summed E-state index contributed by atoms with van der Waals surface area (Å²) in [6.07, 6.45) is -0.531. The van der Waals surface area contributed by atoms with Crippen LogP contribution in [0.15, 0.2) is 0 Å². The standard InChI is InChI=1S/C8H12N2O5/c9-4-1-6(11)10(3-4)5(8(14)15)2-7(12)13/h4-5H,1-3,9H2,(H,12,13)(H,14,15). The van der Waals surface area contributed by atoms with Gasteiger partial charge < -0.3 is 20.8 Å². The SMILES string of the molecule is NC1CC(=O)N(C(CC(=O)O)C(=O)O)C1. The summed E-state index contributed by atoms with van der Waals surface area (Å²) in [6, 6.07) is -1.73. The van der Waals surface area contributed by atoms with Gasteiger partial charge in [-0.2, -0.15) is 0 Å². The Labute approximate surface area is 85.5 Å². The minimum Gasteiger partial charge on any atom is -0.481 e. The van der Waals surface area contributed by atoms with E-state index in [-0.39, 0.29) is 13.0 Å². The molecule has 0 aromatic carbocycles. The van der Waals surface area contributed by atoms with Gasteiger partial charge in [0.2, 0.25) is 5.91 Å². The zero-order valence-corrected chi connectivity index (χ0v) is 7.92. The third kappa shape index (κ3) is 2.66. The highest BCUT2D eigenvalue weighted by Crippen LogP contribution is 2.15. The van der Waals surface area contributed by atoms with Gasteiger partial charge in [-0.1, -0.05) is 0 Å². The van der Waals surface area contributed by atoms with E-state index in [1.165, 1.54) is 0 Å². The van der Waals surface area contributed by atoms with Gasteiger partial charge in [0.15, 0.2) is 0 Å². The molecule has 2 atom stereocenters. The molecule has 1 amide bonds. The number of nitrogens with two attached hydrogens (primary N) is 1. The average molecular weight is 216 g/mol. The summed E-state index contributed by atoms with van der Waals surface area (Å²) in [4.78, 5) is 33.5. The Kier molecular flexibility index (Phi) is 3.25. The molecule has 1 aliphatic rings. The fraction of sp³-hybridized carbons (Fsp3) is 0.625. The highest BCUT2D eigenvalue weighted by Gasteiger charge is 2.37. The van der Waals surface area contributed by atoms with E-state index in [2.05, 4.69) is 0 Å². The maximum atomic E-state index is 11.3. The van der Waals surface area contributed by atoms with Crippen molar-refractivity contribution in [2.24, 2.45) is 5.73 Å². The highest BCUT2D eigenvalue weighted by molar-refractivity contribution is 5.88. The van der Waals surface area contributed by atoms with Crippen LogP contribution in [0.2, 0.25) is 0 Å². The van der Waals surface area contributed by atoms with Crippen LogP contribution in [-0.4, -0.2) is 51.6 Å². The molecule has 1 aliphatic heterocycles. The first-order chi connectivity index (χ1) is 6.91. The fourth-order valence-electron chi connectivity index (χ4n) is 1.56. The van der Waals surface area contributed by atoms with Crippen molar-refractivity contribution in [1.29, 1.82) is 0 Å². The Morgan fingerprint density at radius 3 is 2.47 bits per heavy atom. The lowest BCUT2D eigenvalue weighted by molar-refractivity contribution is -0.153. The summed E-state index contributed by atoms with van der Waals surface area (Å²) in [5.41, 5.74) is 5.48. The van der Waals surface area contributed by atoms with E-state index in [1.54, 1.807) is 0 Å². The second kappa shape index (κ2) is 4.26. The Balaban J connectivity index is 2.76. The van der Waals surface area contributed by atoms with Crippen molar-refractivity contribution in [3.8, 4) is 0 Å². The van der Waals surface area contributed by atoms with E-state index in [1.807, 2.05) is 0 Å². The molecular weight excluding hydrogens is 204 g/mol. The molecule has 84 valence electrons. The number of carboxylic acid groups (broad SMARTS) is 2. The van der Waals surface area contributed by atoms with Crippen LogP contribution < -0.4 is 5.73 Å². The second-order valence-corrected chi connectivity index (χ2v) is 3.46. The summed E-state index contributed by atoms with van der Waals surface area (Å²) in [5.74, 6) is -2.98. The summed E-state index contributed by atoms with van der Waals surface area (Å²) < 4.78 is 0.